The number of halogens is 1. The Morgan fingerprint density at radius 3 is 2.59 bits per heavy atom. The Labute approximate surface area is 225 Å². The van der Waals surface area contributed by atoms with Crippen LogP contribution in [0.3, 0.4) is 0 Å². The Bertz CT molecular complexity index is 1040. The molecule has 2 aromatic rings. The average Bonchev–Trinajstić information content (AvgIpc) is 3.37. The van der Waals surface area contributed by atoms with Gasteiger partial charge >= 0.3 is 0 Å². The minimum atomic E-state index is -0.228. The van der Waals surface area contributed by atoms with Crippen molar-refractivity contribution in [3.8, 4) is 0 Å². The summed E-state index contributed by atoms with van der Waals surface area (Å²) in [5, 5.41) is 2.11. The van der Waals surface area contributed by atoms with Crippen molar-refractivity contribution in [3.05, 3.63) is 57.5 Å². The molecule has 1 saturated heterocycles. The van der Waals surface area contributed by atoms with E-state index >= 15 is 0 Å². The first-order valence-corrected chi connectivity index (χ1v) is 15.0. The zero-order chi connectivity index (χ0) is 26.2. The molecule has 0 aliphatic carbocycles. The lowest BCUT2D eigenvalue weighted by Crippen LogP contribution is -2.55. The number of carbonyl (C=O) groups is 2. The molecule has 2 atom stereocenters. The fraction of sp³-hybridized carbons (Fsp3) is 0.600. The largest absolute Gasteiger partial charge is 0.339 e. The van der Waals surface area contributed by atoms with Gasteiger partial charge in [0.25, 0.3) is 0 Å². The number of unbranched alkanes of at least 4 members (excludes halogenated alkanes) is 5. The third-order valence-electron chi connectivity index (χ3n) is 7.89. The molecule has 0 N–H and O–H groups in total. The summed E-state index contributed by atoms with van der Waals surface area (Å²) >= 11 is 1.76. The van der Waals surface area contributed by atoms with E-state index in [1.54, 1.807) is 23.5 Å². The van der Waals surface area contributed by atoms with Gasteiger partial charge in [-0.15, -0.1) is 11.3 Å². The predicted molar refractivity (Wildman–Crippen MR) is 148 cm³/mol. The molecule has 2 aliphatic rings. The second-order valence-corrected chi connectivity index (χ2v) is 11.6. The summed E-state index contributed by atoms with van der Waals surface area (Å²) in [4.78, 5) is 33.5. The molecule has 202 valence electrons. The van der Waals surface area contributed by atoms with Crippen LogP contribution in [-0.2, 0) is 16.0 Å². The van der Waals surface area contributed by atoms with E-state index in [-0.39, 0.29) is 29.7 Å². The molecular weight excluding hydrogens is 485 g/mol. The molecule has 7 heteroatoms. The summed E-state index contributed by atoms with van der Waals surface area (Å²) in [6, 6.07) is 9.03. The van der Waals surface area contributed by atoms with Gasteiger partial charge in [0.1, 0.15) is 5.82 Å². The molecule has 0 spiro atoms. The summed E-state index contributed by atoms with van der Waals surface area (Å²) in [5.74, 6) is 0.144. The van der Waals surface area contributed by atoms with Crippen LogP contribution in [0.15, 0.2) is 35.7 Å². The standard InChI is InChI=1S/C30H42FN3O2S/c1-3-4-5-6-7-8-12-29(36)34-19-18-33(22-23(34)2)28(35)14-17-32-16-13-27-26(15-20-37-27)30(32)24-10-9-11-25(31)21-24/h9-11,15,20-21,23,30H,3-8,12-14,16-19,22H2,1-2H3/t23-,30+/m0/s1. The number of hydrogen-bond donors (Lipinski definition) is 0. The Morgan fingerprint density at radius 2 is 1.81 bits per heavy atom. The van der Waals surface area contributed by atoms with E-state index < -0.39 is 0 Å². The topological polar surface area (TPSA) is 43.9 Å². The zero-order valence-corrected chi connectivity index (χ0v) is 23.3. The zero-order valence-electron chi connectivity index (χ0n) is 22.5. The maximum Gasteiger partial charge on any atom is 0.223 e. The van der Waals surface area contributed by atoms with E-state index in [1.165, 1.54) is 42.2 Å². The van der Waals surface area contributed by atoms with Gasteiger partial charge in [0, 0.05) is 56.5 Å². The van der Waals surface area contributed by atoms with E-state index in [4.69, 9.17) is 0 Å². The average molecular weight is 528 g/mol. The first kappa shape index (κ1) is 27.8. The number of piperazine rings is 1. The van der Waals surface area contributed by atoms with E-state index in [0.717, 1.165) is 31.4 Å². The summed E-state index contributed by atoms with van der Waals surface area (Å²) in [6.45, 7) is 7.60. The lowest BCUT2D eigenvalue weighted by molar-refractivity contribution is -0.142. The number of amides is 2. The van der Waals surface area contributed by atoms with E-state index in [0.29, 0.717) is 39.0 Å². The van der Waals surface area contributed by atoms with Crippen LogP contribution in [0.25, 0.3) is 0 Å². The molecular formula is C30H42FN3O2S. The smallest absolute Gasteiger partial charge is 0.223 e. The first-order valence-electron chi connectivity index (χ1n) is 14.1. The predicted octanol–water partition coefficient (Wildman–Crippen LogP) is 6.03. The van der Waals surface area contributed by atoms with Crippen molar-refractivity contribution in [2.45, 2.75) is 83.7 Å². The highest BCUT2D eigenvalue weighted by molar-refractivity contribution is 7.10. The molecule has 0 saturated carbocycles. The number of benzene rings is 1. The van der Waals surface area contributed by atoms with Gasteiger partial charge in [-0.25, -0.2) is 4.39 Å². The van der Waals surface area contributed by atoms with E-state index in [2.05, 4.69) is 30.2 Å². The minimum absolute atomic E-state index is 0.0196. The lowest BCUT2D eigenvalue weighted by Gasteiger charge is -2.41. The maximum absolute atomic E-state index is 14.1. The number of thiophene rings is 1. The van der Waals surface area contributed by atoms with Crippen molar-refractivity contribution in [1.29, 1.82) is 0 Å². The molecule has 0 unspecified atom stereocenters. The first-order chi connectivity index (χ1) is 18.0. The SMILES string of the molecule is CCCCCCCCC(=O)N1CCN(C(=O)CCN2CCc3sccc3[C@H]2c2cccc(F)c2)C[C@@H]1C. The van der Waals surface area contributed by atoms with Crippen molar-refractivity contribution in [2.75, 3.05) is 32.7 Å². The molecule has 3 heterocycles. The molecule has 2 amide bonds. The summed E-state index contributed by atoms with van der Waals surface area (Å²) < 4.78 is 14.1. The number of hydrogen-bond acceptors (Lipinski definition) is 4. The van der Waals surface area contributed by atoms with Gasteiger partial charge in [0.15, 0.2) is 0 Å². The highest BCUT2D eigenvalue weighted by atomic mass is 32.1. The van der Waals surface area contributed by atoms with Gasteiger partial charge in [-0.3, -0.25) is 14.5 Å². The van der Waals surface area contributed by atoms with Crippen LogP contribution >= 0.6 is 11.3 Å². The normalized spacial score (nSPS) is 20.2. The van der Waals surface area contributed by atoms with Gasteiger partial charge in [0.2, 0.25) is 11.8 Å². The number of fused-ring (bicyclic) bond motifs is 1. The molecule has 1 fully saturated rings. The monoisotopic (exact) mass is 527 g/mol. The number of nitrogens with zero attached hydrogens (tertiary/aromatic N) is 3. The Morgan fingerprint density at radius 1 is 1.00 bits per heavy atom. The van der Waals surface area contributed by atoms with Gasteiger partial charge in [-0.2, -0.15) is 0 Å². The molecule has 37 heavy (non-hydrogen) atoms. The molecule has 5 nitrogen and oxygen atoms in total. The van der Waals surface area contributed by atoms with Gasteiger partial charge in [-0.1, -0.05) is 51.2 Å². The van der Waals surface area contributed by atoms with Crippen LogP contribution in [0.1, 0.15) is 87.3 Å². The van der Waals surface area contributed by atoms with Crippen molar-refractivity contribution in [1.82, 2.24) is 14.7 Å². The van der Waals surface area contributed by atoms with Gasteiger partial charge in [-0.05, 0) is 54.5 Å². The van der Waals surface area contributed by atoms with Crippen LogP contribution in [0.2, 0.25) is 0 Å². The summed E-state index contributed by atoms with van der Waals surface area (Å²) in [6.07, 6.45) is 9.08. The molecule has 2 aliphatic heterocycles. The van der Waals surface area contributed by atoms with Crippen molar-refractivity contribution < 1.29 is 14.0 Å². The summed E-state index contributed by atoms with van der Waals surface area (Å²) in [7, 11) is 0. The second-order valence-electron chi connectivity index (χ2n) is 10.6. The maximum atomic E-state index is 14.1. The lowest BCUT2D eigenvalue weighted by atomic mass is 9.93. The van der Waals surface area contributed by atoms with Crippen LogP contribution in [0, 0.1) is 5.82 Å². The van der Waals surface area contributed by atoms with Crippen LogP contribution in [0.5, 0.6) is 0 Å². The highest BCUT2D eigenvalue weighted by Gasteiger charge is 2.32. The fourth-order valence-corrected chi connectivity index (χ4v) is 6.73. The van der Waals surface area contributed by atoms with Crippen molar-refractivity contribution in [3.63, 3.8) is 0 Å². The summed E-state index contributed by atoms with van der Waals surface area (Å²) in [5.41, 5.74) is 2.18. The van der Waals surface area contributed by atoms with E-state index in [1.807, 2.05) is 15.9 Å². The third kappa shape index (κ3) is 7.20. The Kier molecular flexibility index (Phi) is 10.1. The fourth-order valence-electron chi connectivity index (χ4n) is 5.83. The molecule has 4 rings (SSSR count). The van der Waals surface area contributed by atoms with Crippen LogP contribution < -0.4 is 0 Å². The van der Waals surface area contributed by atoms with Crippen LogP contribution in [0.4, 0.5) is 4.39 Å². The highest BCUT2D eigenvalue weighted by Crippen LogP contribution is 2.38. The molecule has 0 radical (unpaired) electrons. The number of carbonyl (C=O) groups excluding carboxylic acids is 2. The van der Waals surface area contributed by atoms with Crippen molar-refractivity contribution >= 4 is 23.2 Å². The van der Waals surface area contributed by atoms with Gasteiger partial charge < -0.3 is 9.80 Å². The third-order valence-corrected chi connectivity index (χ3v) is 8.88. The molecule has 1 aromatic heterocycles. The van der Waals surface area contributed by atoms with E-state index in [9.17, 15) is 14.0 Å². The van der Waals surface area contributed by atoms with Crippen LogP contribution in [-0.4, -0.2) is 65.3 Å². The Hall–Kier alpha value is -2.25. The van der Waals surface area contributed by atoms with Gasteiger partial charge in [0.05, 0.1) is 6.04 Å². The molecule has 0 bridgehead atoms. The molecule has 1 aromatic carbocycles. The van der Waals surface area contributed by atoms with Crippen molar-refractivity contribution in [2.24, 2.45) is 0 Å². The Balaban J connectivity index is 1.28. The second kappa shape index (κ2) is 13.5. The number of rotatable bonds is 11. The minimum Gasteiger partial charge on any atom is -0.339 e. The quantitative estimate of drug-likeness (QED) is 0.335.